The number of alkyl halides is 2. The van der Waals surface area contributed by atoms with Crippen molar-refractivity contribution in [2.45, 2.75) is 22.6 Å². The van der Waals surface area contributed by atoms with E-state index < -0.39 is 21.1 Å². The minimum Gasteiger partial charge on any atom is -0.469 e. The normalized spacial score (nSPS) is 35.3. The van der Waals surface area contributed by atoms with Crippen LogP contribution in [0.3, 0.4) is 0 Å². The molecule has 0 aliphatic heterocycles. The highest BCUT2D eigenvalue weighted by Crippen LogP contribution is 2.84. The number of rotatable bonds is 2. The largest absolute Gasteiger partial charge is 0.469 e. The average molecular weight is 289 g/mol. The number of benzene rings is 1. The Morgan fingerprint density at radius 1 is 1.33 bits per heavy atom. The van der Waals surface area contributed by atoms with Gasteiger partial charge in [-0.3, -0.25) is 4.79 Å². The standard InChI is InChI=1S/C13H11Cl2FO2/c1-18-10(17)12-6-11(7-12,13(12,14)15)8-4-2-3-5-9(8)16/h2-5H,6-7H2,1H3. The maximum Gasteiger partial charge on any atom is 0.314 e. The van der Waals surface area contributed by atoms with Gasteiger partial charge in [0, 0.05) is 5.41 Å². The van der Waals surface area contributed by atoms with E-state index >= 15 is 0 Å². The fourth-order valence-electron chi connectivity index (χ4n) is 3.34. The summed E-state index contributed by atoms with van der Waals surface area (Å²) in [5.41, 5.74) is -1.04. The van der Waals surface area contributed by atoms with Crippen molar-refractivity contribution in [2.75, 3.05) is 7.11 Å². The van der Waals surface area contributed by atoms with Crippen LogP contribution in [0.15, 0.2) is 24.3 Å². The molecule has 0 unspecified atom stereocenters. The van der Waals surface area contributed by atoms with Crippen LogP contribution in [0.25, 0.3) is 0 Å². The van der Waals surface area contributed by atoms with Gasteiger partial charge in [-0.15, -0.1) is 0 Å². The third-order valence-electron chi connectivity index (χ3n) is 4.37. The lowest BCUT2D eigenvalue weighted by Gasteiger charge is -2.76. The molecule has 0 amide bonds. The van der Waals surface area contributed by atoms with Gasteiger partial charge in [0.05, 0.1) is 7.11 Å². The highest BCUT2D eigenvalue weighted by Gasteiger charge is 2.88. The molecule has 3 aliphatic rings. The second-order valence-corrected chi connectivity index (χ2v) is 6.39. The smallest absolute Gasteiger partial charge is 0.314 e. The molecule has 3 saturated carbocycles. The highest BCUT2D eigenvalue weighted by atomic mass is 35.5. The molecule has 5 heteroatoms. The zero-order valence-electron chi connectivity index (χ0n) is 9.67. The Morgan fingerprint density at radius 3 is 2.44 bits per heavy atom. The Balaban J connectivity index is 2.00. The first kappa shape index (κ1) is 12.2. The van der Waals surface area contributed by atoms with Gasteiger partial charge in [0.15, 0.2) is 0 Å². The van der Waals surface area contributed by atoms with Crippen molar-refractivity contribution in [1.29, 1.82) is 0 Å². The van der Waals surface area contributed by atoms with E-state index in [-0.39, 0.29) is 5.82 Å². The molecule has 18 heavy (non-hydrogen) atoms. The predicted molar refractivity (Wildman–Crippen MR) is 66.2 cm³/mol. The number of halogens is 3. The van der Waals surface area contributed by atoms with Gasteiger partial charge in [-0.25, -0.2) is 4.39 Å². The van der Waals surface area contributed by atoms with Gasteiger partial charge in [0.1, 0.15) is 15.6 Å². The van der Waals surface area contributed by atoms with Gasteiger partial charge in [-0.1, -0.05) is 41.4 Å². The quantitative estimate of drug-likeness (QED) is 0.617. The van der Waals surface area contributed by atoms with E-state index in [1.165, 1.54) is 13.2 Å². The van der Waals surface area contributed by atoms with Crippen molar-refractivity contribution in [1.82, 2.24) is 0 Å². The number of hydrogen-bond acceptors (Lipinski definition) is 2. The molecular weight excluding hydrogens is 278 g/mol. The summed E-state index contributed by atoms with van der Waals surface area (Å²) in [5.74, 6) is -0.743. The molecule has 1 aromatic rings. The van der Waals surface area contributed by atoms with Crippen LogP contribution in [0.2, 0.25) is 0 Å². The molecule has 2 bridgehead atoms. The van der Waals surface area contributed by atoms with E-state index in [9.17, 15) is 9.18 Å². The second-order valence-electron chi connectivity index (χ2n) is 5.06. The topological polar surface area (TPSA) is 26.3 Å². The summed E-state index contributed by atoms with van der Waals surface area (Å²) in [7, 11) is 1.31. The molecule has 0 heterocycles. The summed E-state index contributed by atoms with van der Waals surface area (Å²) in [6.45, 7) is 0. The molecule has 0 aromatic heterocycles. The van der Waals surface area contributed by atoms with E-state index in [4.69, 9.17) is 27.9 Å². The van der Waals surface area contributed by atoms with Crippen LogP contribution in [0.1, 0.15) is 18.4 Å². The van der Waals surface area contributed by atoms with Crippen LogP contribution in [-0.2, 0) is 14.9 Å². The molecular formula is C13H11Cl2FO2. The van der Waals surface area contributed by atoms with Crippen LogP contribution in [0, 0.1) is 11.2 Å². The number of methoxy groups -OCH3 is 1. The Hall–Kier alpha value is -0.800. The molecule has 0 spiro atoms. The second kappa shape index (κ2) is 3.40. The number of carbonyl (C=O) groups is 1. The third kappa shape index (κ3) is 1.04. The van der Waals surface area contributed by atoms with Crippen molar-refractivity contribution < 1.29 is 13.9 Å². The first-order valence-corrected chi connectivity index (χ1v) is 6.38. The first-order valence-electron chi connectivity index (χ1n) is 5.63. The van der Waals surface area contributed by atoms with Gasteiger partial charge in [0.25, 0.3) is 0 Å². The summed E-state index contributed by atoms with van der Waals surface area (Å²) >= 11 is 12.6. The first-order chi connectivity index (χ1) is 8.41. The van der Waals surface area contributed by atoms with E-state index in [1.807, 2.05) is 0 Å². The van der Waals surface area contributed by atoms with Gasteiger partial charge in [0.2, 0.25) is 0 Å². The highest BCUT2D eigenvalue weighted by molar-refractivity contribution is 6.53. The van der Waals surface area contributed by atoms with E-state index in [0.717, 1.165) is 0 Å². The van der Waals surface area contributed by atoms with Crippen LogP contribution < -0.4 is 0 Å². The summed E-state index contributed by atoms with van der Waals surface area (Å²) in [6, 6.07) is 6.41. The summed E-state index contributed by atoms with van der Waals surface area (Å²) < 4.78 is 17.3. The molecule has 0 radical (unpaired) electrons. The molecule has 0 N–H and O–H groups in total. The molecule has 3 fully saturated rings. The summed E-state index contributed by atoms with van der Waals surface area (Å²) in [4.78, 5) is 11.7. The van der Waals surface area contributed by atoms with Crippen LogP contribution in [0.5, 0.6) is 0 Å². The number of ether oxygens (including phenoxy) is 1. The van der Waals surface area contributed by atoms with Crippen molar-refractivity contribution in [3.8, 4) is 0 Å². The number of hydrogen-bond donors (Lipinski definition) is 0. The van der Waals surface area contributed by atoms with Gasteiger partial charge in [-0.05, 0) is 24.5 Å². The molecule has 2 nitrogen and oxygen atoms in total. The lowest BCUT2D eigenvalue weighted by atomic mass is 9.32. The van der Waals surface area contributed by atoms with E-state index in [2.05, 4.69) is 0 Å². The van der Waals surface area contributed by atoms with Gasteiger partial charge < -0.3 is 4.74 Å². The van der Waals surface area contributed by atoms with Crippen molar-refractivity contribution >= 4 is 29.2 Å². The van der Waals surface area contributed by atoms with Crippen molar-refractivity contribution in [2.24, 2.45) is 5.41 Å². The lowest BCUT2D eigenvalue weighted by molar-refractivity contribution is -0.204. The Kier molecular flexibility index (Phi) is 2.31. The summed E-state index contributed by atoms with van der Waals surface area (Å²) in [6.07, 6.45) is 0.890. The van der Waals surface area contributed by atoms with E-state index in [1.54, 1.807) is 18.2 Å². The Bertz CT molecular complexity index is 536. The molecule has 3 aliphatic carbocycles. The van der Waals surface area contributed by atoms with Crippen LogP contribution in [-0.4, -0.2) is 17.4 Å². The van der Waals surface area contributed by atoms with Gasteiger partial charge >= 0.3 is 5.97 Å². The minimum absolute atomic E-state index is 0.332. The minimum atomic E-state index is -1.28. The van der Waals surface area contributed by atoms with Crippen molar-refractivity contribution in [3.63, 3.8) is 0 Å². The summed E-state index contributed by atoms with van der Waals surface area (Å²) in [5, 5.41) is 0. The SMILES string of the molecule is COC(=O)C12CC(c3ccccc3F)(C1)C2(Cl)Cl. The van der Waals surface area contributed by atoms with E-state index in [0.29, 0.717) is 18.4 Å². The lowest BCUT2D eigenvalue weighted by Crippen LogP contribution is -2.83. The van der Waals surface area contributed by atoms with Crippen LogP contribution in [0.4, 0.5) is 4.39 Å². The monoisotopic (exact) mass is 288 g/mol. The average Bonchev–Trinajstić information content (AvgIpc) is 2.29. The number of esters is 1. The molecule has 1 aromatic carbocycles. The Labute approximate surface area is 114 Å². The zero-order chi connectivity index (χ0) is 13.2. The molecule has 4 rings (SSSR count). The van der Waals surface area contributed by atoms with Crippen LogP contribution >= 0.6 is 23.2 Å². The fraction of sp³-hybridized carbons (Fsp3) is 0.462. The maximum absolute atomic E-state index is 13.8. The molecule has 96 valence electrons. The molecule has 0 atom stereocenters. The zero-order valence-corrected chi connectivity index (χ0v) is 11.2. The predicted octanol–water partition coefficient (Wildman–Crippen LogP) is 3.20. The maximum atomic E-state index is 13.8. The molecule has 0 saturated heterocycles. The van der Waals surface area contributed by atoms with Crippen molar-refractivity contribution in [3.05, 3.63) is 35.6 Å². The number of carbonyl (C=O) groups excluding carboxylic acids is 1. The Morgan fingerprint density at radius 2 is 1.94 bits per heavy atom. The fourth-order valence-corrected chi connectivity index (χ4v) is 4.24. The van der Waals surface area contributed by atoms with Gasteiger partial charge in [-0.2, -0.15) is 0 Å². The third-order valence-corrected chi connectivity index (χ3v) is 5.82.